The van der Waals surface area contributed by atoms with Gasteiger partial charge in [-0.1, -0.05) is 0 Å². The van der Waals surface area contributed by atoms with Crippen LogP contribution in [0.5, 0.6) is 0 Å². The van der Waals surface area contributed by atoms with Crippen LogP contribution in [0.4, 0.5) is 11.4 Å². The quantitative estimate of drug-likeness (QED) is 0.886. The zero-order chi connectivity index (χ0) is 14.6. The number of hydrogen-bond acceptors (Lipinski definition) is 4. The lowest BCUT2D eigenvalue weighted by Gasteiger charge is -2.17. The van der Waals surface area contributed by atoms with Gasteiger partial charge in [0.1, 0.15) is 6.61 Å². The van der Waals surface area contributed by atoms with Crippen molar-refractivity contribution in [2.24, 2.45) is 0 Å². The molecule has 0 atom stereocenters. The summed E-state index contributed by atoms with van der Waals surface area (Å²) in [6.45, 7) is 2.83. The number of carbonyl (C=O) groups is 1. The van der Waals surface area contributed by atoms with Gasteiger partial charge in [0.15, 0.2) is 0 Å². The van der Waals surface area contributed by atoms with Crippen LogP contribution in [0.3, 0.4) is 0 Å². The molecule has 1 fully saturated rings. The molecule has 1 aliphatic heterocycles. The number of hydrogen-bond donors (Lipinski definition) is 1. The van der Waals surface area contributed by atoms with E-state index in [0.29, 0.717) is 30.9 Å². The summed E-state index contributed by atoms with van der Waals surface area (Å²) in [5.41, 5.74) is 1.25. The highest BCUT2D eigenvalue weighted by Crippen LogP contribution is 2.25. The second-order valence-electron chi connectivity index (χ2n) is 4.47. The summed E-state index contributed by atoms with van der Waals surface area (Å²) in [5, 5.41) is 2.68. The van der Waals surface area contributed by atoms with Gasteiger partial charge >= 0.3 is 0 Å². The van der Waals surface area contributed by atoms with Crippen molar-refractivity contribution >= 4 is 27.3 Å². The normalized spacial score (nSPS) is 17.1. The first-order valence-corrected chi connectivity index (χ1v) is 8.12. The van der Waals surface area contributed by atoms with Gasteiger partial charge < -0.3 is 10.1 Å². The number of amides is 1. The minimum Gasteiger partial charge on any atom is -0.372 e. The van der Waals surface area contributed by atoms with E-state index in [2.05, 4.69) is 5.32 Å². The van der Waals surface area contributed by atoms with Crippen LogP contribution in [0, 0.1) is 0 Å². The molecule has 20 heavy (non-hydrogen) atoms. The van der Waals surface area contributed by atoms with Gasteiger partial charge in [-0.3, -0.25) is 9.10 Å². The Morgan fingerprint density at radius 2 is 2.05 bits per heavy atom. The second kappa shape index (κ2) is 6.23. The average Bonchev–Trinajstić information content (AvgIpc) is 2.77. The average molecular weight is 298 g/mol. The van der Waals surface area contributed by atoms with Crippen molar-refractivity contribution in [3.05, 3.63) is 24.3 Å². The van der Waals surface area contributed by atoms with E-state index in [4.69, 9.17) is 4.74 Å². The predicted molar refractivity (Wildman–Crippen MR) is 77.3 cm³/mol. The largest absolute Gasteiger partial charge is 0.372 e. The molecule has 1 aromatic rings. The topological polar surface area (TPSA) is 75.7 Å². The second-order valence-corrected chi connectivity index (χ2v) is 6.49. The Morgan fingerprint density at radius 3 is 2.60 bits per heavy atom. The number of benzene rings is 1. The number of rotatable bonds is 5. The molecule has 0 spiro atoms. The van der Waals surface area contributed by atoms with E-state index in [9.17, 15) is 13.2 Å². The molecule has 1 amide bonds. The third-order valence-electron chi connectivity index (χ3n) is 2.98. The molecule has 110 valence electrons. The Balaban J connectivity index is 2.02. The molecule has 2 rings (SSSR count). The summed E-state index contributed by atoms with van der Waals surface area (Å²) < 4.78 is 30.0. The number of sulfonamides is 1. The highest BCUT2D eigenvalue weighted by atomic mass is 32.2. The summed E-state index contributed by atoms with van der Waals surface area (Å²) in [6, 6.07) is 6.76. The monoisotopic (exact) mass is 298 g/mol. The molecule has 0 radical (unpaired) electrons. The molecule has 0 unspecified atom stereocenters. The van der Waals surface area contributed by atoms with Gasteiger partial charge in [0.05, 0.1) is 11.4 Å². The van der Waals surface area contributed by atoms with Gasteiger partial charge in [-0.25, -0.2) is 8.42 Å². The molecule has 0 aromatic heterocycles. The van der Waals surface area contributed by atoms with Crippen LogP contribution in [-0.4, -0.2) is 39.8 Å². The first kappa shape index (κ1) is 14.8. The molecule has 1 heterocycles. The smallest absolute Gasteiger partial charge is 0.250 e. The fraction of sp³-hybridized carbons (Fsp3) is 0.462. The maximum atomic E-state index is 11.8. The van der Waals surface area contributed by atoms with Gasteiger partial charge in [-0.05, 0) is 37.6 Å². The summed E-state index contributed by atoms with van der Waals surface area (Å²) in [6.07, 6.45) is 0.648. The van der Waals surface area contributed by atoms with Crippen molar-refractivity contribution in [2.45, 2.75) is 13.3 Å². The summed E-state index contributed by atoms with van der Waals surface area (Å²) >= 11 is 0. The maximum absolute atomic E-state index is 11.8. The van der Waals surface area contributed by atoms with Gasteiger partial charge in [0.25, 0.3) is 0 Å². The summed E-state index contributed by atoms with van der Waals surface area (Å²) in [5.74, 6) is -0.0340. The Labute approximate surface area is 118 Å². The Bertz CT molecular complexity index is 569. The number of ether oxygens (including phenoxy) is 1. The van der Waals surface area contributed by atoms with Gasteiger partial charge in [-0.15, -0.1) is 0 Å². The molecule has 1 saturated heterocycles. The van der Waals surface area contributed by atoms with Crippen LogP contribution in [0.1, 0.15) is 13.3 Å². The van der Waals surface area contributed by atoms with E-state index >= 15 is 0 Å². The van der Waals surface area contributed by atoms with Crippen molar-refractivity contribution in [1.29, 1.82) is 0 Å². The molecular formula is C13H18N2O4S. The van der Waals surface area contributed by atoms with Gasteiger partial charge in [0, 0.05) is 18.8 Å². The van der Waals surface area contributed by atoms with E-state index < -0.39 is 10.0 Å². The molecule has 0 aliphatic carbocycles. The standard InChI is InChI=1S/C13H18N2O4S/c1-2-19-10-13(16)14-11-4-6-12(7-5-11)15-8-3-9-20(15,17)18/h4-7H,2-3,8-10H2,1H3,(H,14,16). The van der Waals surface area contributed by atoms with E-state index in [1.807, 2.05) is 6.92 Å². The summed E-state index contributed by atoms with van der Waals surface area (Å²) in [4.78, 5) is 11.5. The van der Waals surface area contributed by atoms with E-state index in [1.165, 1.54) is 4.31 Å². The minimum absolute atomic E-state index is 0.0127. The molecule has 0 bridgehead atoms. The van der Waals surface area contributed by atoms with Crippen LogP contribution in [0.15, 0.2) is 24.3 Å². The maximum Gasteiger partial charge on any atom is 0.250 e. The molecule has 1 aromatic carbocycles. The zero-order valence-electron chi connectivity index (χ0n) is 11.3. The van der Waals surface area contributed by atoms with Crippen molar-refractivity contribution in [1.82, 2.24) is 0 Å². The highest BCUT2D eigenvalue weighted by molar-refractivity contribution is 7.93. The Hall–Kier alpha value is -1.60. The fourth-order valence-corrected chi connectivity index (χ4v) is 3.60. The van der Waals surface area contributed by atoms with Crippen LogP contribution >= 0.6 is 0 Å². The zero-order valence-corrected chi connectivity index (χ0v) is 12.1. The van der Waals surface area contributed by atoms with Crippen LogP contribution in [0.25, 0.3) is 0 Å². The van der Waals surface area contributed by atoms with Crippen LogP contribution < -0.4 is 9.62 Å². The number of carbonyl (C=O) groups excluding carboxylic acids is 1. The Morgan fingerprint density at radius 1 is 1.35 bits per heavy atom. The van der Waals surface area contributed by atoms with Gasteiger partial charge in [-0.2, -0.15) is 0 Å². The first-order chi connectivity index (χ1) is 9.53. The number of nitrogens with one attached hydrogen (secondary N) is 1. The molecular weight excluding hydrogens is 280 g/mol. The summed E-state index contributed by atoms with van der Waals surface area (Å²) in [7, 11) is -3.16. The van der Waals surface area contributed by atoms with Crippen molar-refractivity contribution in [2.75, 3.05) is 35.1 Å². The highest BCUT2D eigenvalue weighted by Gasteiger charge is 2.28. The van der Waals surface area contributed by atoms with Crippen molar-refractivity contribution in [3.8, 4) is 0 Å². The molecule has 7 heteroatoms. The molecule has 1 N–H and O–H groups in total. The number of anilines is 2. The first-order valence-electron chi connectivity index (χ1n) is 6.51. The third-order valence-corrected chi connectivity index (χ3v) is 4.85. The molecule has 6 nitrogen and oxygen atoms in total. The lowest BCUT2D eigenvalue weighted by atomic mass is 10.2. The third kappa shape index (κ3) is 3.49. The van der Waals surface area contributed by atoms with Crippen molar-refractivity contribution in [3.63, 3.8) is 0 Å². The predicted octanol–water partition coefficient (Wildman–Crippen LogP) is 1.20. The van der Waals surface area contributed by atoms with Crippen LogP contribution in [-0.2, 0) is 19.6 Å². The van der Waals surface area contributed by atoms with E-state index in [1.54, 1.807) is 24.3 Å². The molecule has 1 aliphatic rings. The lowest BCUT2D eigenvalue weighted by Crippen LogP contribution is -2.25. The van der Waals surface area contributed by atoms with Crippen molar-refractivity contribution < 1.29 is 17.9 Å². The fourth-order valence-electron chi connectivity index (χ4n) is 2.03. The number of nitrogens with zero attached hydrogens (tertiary/aromatic N) is 1. The Kier molecular flexibility index (Phi) is 4.61. The lowest BCUT2D eigenvalue weighted by molar-refractivity contribution is -0.120. The van der Waals surface area contributed by atoms with E-state index in [-0.39, 0.29) is 18.3 Å². The minimum atomic E-state index is -3.16. The SMILES string of the molecule is CCOCC(=O)Nc1ccc(N2CCCS2(=O)=O)cc1. The van der Waals surface area contributed by atoms with Crippen LogP contribution in [0.2, 0.25) is 0 Å². The van der Waals surface area contributed by atoms with Gasteiger partial charge in [0.2, 0.25) is 15.9 Å². The van der Waals surface area contributed by atoms with E-state index in [0.717, 1.165) is 0 Å². The molecule has 0 saturated carbocycles.